The molecule has 0 saturated carbocycles. The molecule has 0 fully saturated rings. The highest BCUT2D eigenvalue weighted by Crippen LogP contribution is 2.45. The highest BCUT2D eigenvalue weighted by atomic mass is 19.4. The number of nitrogens with zero attached hydrogens (tertiary/aromatic N) is 1. The van der Waals surface area contributed by atoms with Gasteiger partial charge in [-0.25, -0.2) is 9.36 Å². The topological polar surface area (TPSA) is 122 Å². The molecule has 9 nitrogen and oxygen atoms in total. The number of fused-ring (bicyclic) bond motifs is 1. The molecular formula is C22H17F3N4O5. The van der Waals surface area contributed by atoms with Crippen LogP contribution in [-0.4, -0.2) is 34.7 Å². The van der Waals surface area contributed by atoms with Crippen molar-refractivity contribution in [3.8, 4) is 11.4 Å². The number of carbonyl (C=O) groups is 2. The van der Waals surface area contributed by atoms with Crippen molar-refractivity contribution in [1.29, 1.82) is 0 Å². The standard InChI is InChI=1S/C22H17F3N4O5/c1-11-3-7-13(8-4-11)29-16-15(18(31)27-20(29)33)21(19(32)26-16,22(23,24)25)28-17(30)12-5-9-14(34-2)10-6-12/h3-10H,1-2H3,(H,26,32)(H,28,30)(H,27,31,33)/t21-/m1/s1. The summed E-state index contributed by atoms with van der Waals surface area (Å²) in [6.45, 7) is 1.76. The molecule has 2 heterocycles. The maximum atomic E-state index is 14.5. The first kappa shape index (κ1) is 22.8. The number of aromatic amines is 1. The number of anilines is 1. The molecule has 0 saturated heterocycles. The number of aromatic nitrogens is 2. The first-order valence-electron chi connectivity index (χ1n) is 9.81. The van der Waals surface area contributed by atoms with Crippen molar-refractivity contribution >= 4 is 17.6 Å². The maximum absolute atomic E-state index is 14.5. The molecule has 0 radical (unpaired) electrons. The van der Waals surface area contributed by atoms with Crippen LogP contribution in [0.2, 0.25) is 0 Å². The Labute approximate surface area is 189 Å². The fourth-order valence-electron chi connectivity index (χ4n) is 3.70. The van der Waals surface area contributed by atoms with Gasteiger partial charge in [0.1, 0.15) is 17.1 Å². The predicted octanol–water partition coefficient (Wildman–Crippen LogP) is 1.98. The quantitative estimate of drug-likeness (QED) is 0.534. The van der Waals surface area contributed by atoms with Gasteiger partial charge in [0.15, 0.2) is 0 Å². The van der Waals surface area contributed by atoms with E-state index in [1.807, 2.05) is 10.3 Å². The minimum absolute atomic E-state index is 0.0999. The molecule has 1 aromatic heterocycles. The van der Waals surface area contributed by atoms with Crippen molar-refractivity contribution in [1.82, 2.24) is 14.9 Å². The zero-order chi connectivity index (χ0) is 24.8. The third-order valence-corrected chi connectivity index (χ3v) is 5.43. The lowest BCUT2D eigenvalue weighted by Crippen LogP contribution is -2.62. The molecular weight excluding hydrogens is 457 g/mol. The van der Waals surface area contributed by atoms with Gasteiger partial charge in [-0.3, -0.25) is 19.4 Å². The van der Waals surface area contributed by atoms with E-state index in [-0.39, 0.29) is 11.3 Å². The van der Waals surface area contributed by atoms with Crippen molar-refractivity contribution in [2.24, 2.45) is 0 Å². The number of ether oxygens (including phenoxy) is 1. The monoisotopic (exact) mass is 474 g/mol. The Balaban J connectivity index is 1.93. The van der Waals surface area contributed by atoms with Crippen LogP contribution in [-0.2, 0) is 10.3 Å². The average molecular weight is 474 g/mol. The fraction of sp³-hybridized carbons (Fsp3) is 0.182. The summed E-state index contributed by atoms with van der Waals surface area (Å²) in [7, 11) is 1.37. The summed E-state index contributed by atoms with van der Waals surface area (Å²) in [6.07, 6.45) is -5.44. The molecule has 1 aliphatic heterocycles. The summed E-state index contributed by atoms with van der Waals surface area (Å²) in [6, 6.07) is 11.2. The number of carbonyl (C=O) groups excluding carboxylic acids is 2. The molecule has 3 N–H and O–H groups in total. The molecule has 1 atom stereocenters. The van der Waals surface area contributed by atoms with Gasteiger partial charge < -0.3 is 15.4 Å². The van der Waals surface area contributed by atoms with E-state index in [9.17, 15) is 32.3 Å². The molecule has 2 amide bonds. The van der Waals surface area contributed by atoms with Crippen molar-refractivity contribution in [2.45, 2.75) is 18.6 Å². The summed E-state index contributed by atoms with van der Waals surface area (Å²) in [5.74, 6) is -3.33. The number of H-pyrrole nitrogens is 1. The summed E-state index contributed by atoms with van der Waals surface area (Å²) in [5.41, 5.74) is -6.73. The second-order valence-electron chi connectivity index (χ2n) is 7.54. The fourth-order valence-corrected chi connectivity index (χ4v) is 3.70. The van der Waals surface area contributed by atoms with Crippen LogP contribution >= 0.6 is 0 Å². The van der Waals surface area contributed by atoms with Crippen LogP contribution in [0, 0.1) is 6.92 Å². The Kier molecular flexibility index (Phi) is 5.31. The van der Waals surface area contributed by atoms with Crippen LogP contribution in [0.5, 0.6) is 5.75 Å². The van der Waals surface area contributed by atoms with Crippen LogP contribution in [0.4, 0.5) is 19.0 Å². The van der Waals surface area contributed by atoms with E-state index < -0.39 is 46.2 Å². The van der Waals surface area contributed by atoms with E-state index in [0.29, 0.717) is 5.75 Å². The first-order valence-corrected chi connectivity index (χ1v) is 9.81. The van der Waals surface area contributed by atoms with E-state index in [2.05, 4.69) is 0 Å². The van der Waals surface area contributed by atoms with Crippen molar-refractivity contribution in [3.63, 3.8) is 0 Å². The van der Waals surface area contributed by atoms with Gasteiger partial charge in [-0.1, -0.05) is 17.7 Å². The Morgan fingerprint density at radius 2 is 1.65 bits per heavy atom. The van der Waals surface area contributed by atoms with E-state index in [4.69, 9.17) is 4.74 Å². The third-order valence-electron chi connectivity index (χ3n) is 5.43. The Hall–Kier alpha value is -4.35. The molecule has 176 valence electrons. The molecule has 3 aromatic rings. The lowest BCUT2D eigenvalue weighted by molar-refractivity contribution is -0.196. The van der Waals surface area contributed by atoms with Crippen molar-refractivity contribution in [3.05, 3.63) is 86.1 Å². The van der Waals surface area contributed by atoms with Gasteiger partial charge in [-0.15, -0.1) is 0 Å². The normalized spacial score (nSPS) is 17.1. The Bertz CT molecular complexity index is 1410. The van der Waals surface area contributed by atoms with Crippen molar-refractivity contribution < 1.29 is 27.5 Å². The predicted molar refractivity (Wildman–Crippen MR) is 114 cm³/mol. The molecule has 2 aromatic carbocycles. The van der Waals surface area contributed by atoms with E-state index in [1.165, 1.54) is 43.5 Å². The Morgan fingerprint density at radius 1 is 1.03 bits per heavy atom. The minimum Gasteiger partial charge on any atom is -0.497 e. The lowest BCUT2D eigenvalue weighted by Gasteiger charge is -2.30. The second-order valence-corrected chi connectivity index (χ2v) is 7.54. The minimum atomic E-state index is -5.44. The molecule has 0 aliphatic carbocycles. The smallest absolute Gasteiger partial charge is 0.425 e. The van der Waals surface area contributed by atoms with E-state index in [0.717, 1.165) is 10.1 Å². The Morgan fingerprint density at radius 3 is 2.21 bits per heavy atom. The number of benzene rings is 2. The van der Waals surface area contributed by atoms with Gasteiger partial charge in [0.2, 0.25) is 0 Å². The molecule has 0 spiro atoms. The number of hydrogen-bond acceptors (Lipinski definition) is 5. The number of amides is 2. The molecule has 34 heavy (non-hydrogen) atoms. The number of hydrogen-bond donors (Lipinski definition) is 3. The first-order chi connectivity index (χ1) is 16.0. The number of alkyl halides is 3. The molecule has 0 bridgehead atoms. The van der Waals surface area contributed by atoms with Gasteiger partial charge in [0.05, 0.1) is 12.8 Å². The summed E-state index contributed by atoms with van der Waals surface area (Å²) in [4.78, 5) is 52.6. The number of halogens is 3. The molecule has 12 heteroatoms. The van der Waals surface area contributed by atoms with Crippen LogP contribution < -0.4 is 26.6 Å². The lowest BCUT2D eigenvalue weighted by atomic mass is 9.91. The van der Waals surface area contributed by atoms with Crippen LogP contribution in [0.25, 0.3) is 5.69 Å². The summed E-state index contributed by atoms with van der Waals surface area (Å²) >= 11 is 0. The van der Waals surface area contributed by atoms with Gasteiger partial charge in [0, 0.05) is 5.56 Å². The number of methoxy groups -OCH3 is 1. The van der Waals surface area contributed by atoms with Crippen LogP contribution in [0.1, 0.15) is 21.5 Å². The highest BCUT2D eigenvalue weighted by molar-refractivity contribution is 6.09. The van der Waals surface area contributed by atoms with Crippen molar-refractivity contribution in [2.75, 3.05) is 12.4 Å². The van der Waals surface area contributed by atoms with Gasteiger partial charge in [-0.2, -0.15) is 13.2 Å². The summed E-state index contributed by atoms with van der Waals surface area (Å²) < 4.78 is 49.1. The summed E-state index contributed by atoms with van der Waals surface area (Å²) in [5, 5.41) is 3.67. The van der Waals surface area contributed by atoms with Gasteiger partial charge >= 0.3 is 11.9 Å². The largest absolute Gasteiger partial charge is 0.497 e. The number of nitrogens with one attached hydrogen (secondary N) is 3. The number of aryl methyl sites for hydroxylation is 1. The van der Waals surface area contributed by atoms with Crippen LogP contribution in [0.15, 0.2) is 58.1 Å². The van der Waals surface area contributed by atoms with E-state index >= 15 is 0 Å². The SMILES string of the molecule is COc1ccc(C(=O)N[C@@]2(C(F)(F)F)C(=O)Nc3c2c(=O)[nH]c(=O)n3-c2ccc(C)cc2)cc1. The van der Waals surface area contributed by atoms with Crippen LogP contribution in [0.3, 0.4) is 0 Å². The third kappa shape index (κ3) is 3.43. The van der Waals surface area contributed by atoms with E-state index in [1.54, 1.807) is 24.4 Å². The second kappa shape index (κ2) is 7.90. The zero-order valence-electron chi connectivity index (χ0n) is 17.7. The van der Waals surface area contributed by atoms with Gasteiger partial charge in [-0.05, 0) is 43.3 Å². The maximum Gasteiger partial charge on any atom is 0.425 e. The highest BCUT2D eigenvalue weighted by Gasteiger charge is 2.68. The average Bonchev–Trinajstić information content (AvgIpc) is 3.08. The molecule has 0 unspecified atom stereocenters. The molecule has 4 rings (SSSR count). The van der Waals surface area contributed by atoms with Gasteiger partial charge in [0.25, 0.3) is 22.9 Å². The number of rotatable bonds is 4. The zero-order valence-corrected chi connectivity index (χ0v) is 17.7. The molecule has 1 aliphatic rings.